The molecule has 3 N–H and O–H groups in total. The zero-order chi connectivity index (χ0) is 24.2. The van der Waals surface area contributed by atoms with E-state index in [4.69, 9.17) is 27.9 Å². The van der Waals surface area contributed by atoms with Gasteiger partial charge in [-0.2, -0.15) is 0 Å². The molecule has 0 radical (unpaired) electrons. The number of nitrogens with one attached hydrogen (secondary N) is 2. The van der Waals surface area contributed by atoms with Gasteiger partial charge >= 0.3 is 12.1 Å². The minimum absolute atomic E-state index is 0.0329. The summed E-state index contributed by atoms with van der Waals surface area (Å²) < 4.78 is 5.43. The van der Waals surface area contributed by atoms with E-state index >= 15 is 0 Å². The number of halogens is 2. The lowest BCUT2D eigenvalue weighted by Crippen LogP contribution is -2.45. The van der Waals surface area contributed by atoms with Gasteiger partial charge in [-0.1, -0.05) is 71.7 Å². The summed E-state index contributed by atoms with van der Waals surface area (Å²) in [5.74, 6) is -2.17. The molecule has 0 aliphatic heterocycles. The molecule has 1 unspecified atom stereocenters. The Morgan fingerprint density at radius 1 is 0.912 bits per heavy atom. The first-order valence-corrected chi connectivity index (χ1v) is 11.2. The predicted octanol–water partition coefficient (Wildman–Crippen LogP) is 5.31. The van der Waals surface area contributed by atoms with Crippen LogP contribution in [0, 0.1) is 0 Å². The molecule has 2 amide bonds. The number of benzene rings is 3. The molecule has 1 atom stereocenters. The third kappa shape index (κ3) is 5.32. The summed E-state index contributed by atoms with van der Waals surface area (Å²) in [5.41, 5.74) is 4.50. The number of carbonyl (C=O) groups excluding carboxylic acids is 2. The minimum atomic E-state index is -1.37. The molecular weight excluding hydrogens is 479 g/mol. The number of fused-ring (bicyclic) bond motifs is 3. The maximum Gasteiger partial charge on any atom is 0.407 e. The number of hydrogen-bond donors (Lipinski definition) is 3. The summed E-state index contributed by atoms with van der Waals surface area (Å²) in [6.45, 7) is 0.0329. The summed E-state index contributed by atoms with van der Waals surface area (Å²) in [6, 6.07) is 18.8. The molecule has 0 spiro atoms. The summed E-state index contributed by atoms with van der Waals surface area (Å²) in [6.07, 6.45) is -1.53. The molecule has 174 valence electrons. The number of rotatable bonds is 7. The summed E-state index contributed by atoms with van der Waals surface area (Å²) in [7, 11) is 0. The average molecular weight is 499 g/mol. The largest absolute Gasteiger partial charge is 0.481 e. The molecular formula is C25H20Cl2N2O5. The third-order valence-electron chi connectivity index (χ3n) is 5.46. The normalized spacial score (nSPS) is 12.9. The highest BCUT2D eigenvalue weighted by Crippen LogP contribution is 2.44. The van der Waals surface area contributed by atoms with E-state index < -0.39 is 30.4 Å². The van der Waals surface area contributed by atoms with Crippen molar-refractivity contribution in [2.75, 3.05) is 11.9 Å². The molecule has 7 nitrogen and oxygen atoms in total. The molecule has 1 aliphatic carbocycles. The molecule has 3 aromatic carbocycles. The molecule has 0 saturated carbocycles. The van der Waals surface area contributed by atoms with Crippen LogP contribution in [0.15, 0.2) is 66.7 Å². The second-order valence-electron chi connectivity index (χ2n) is 7.77. The van der Waals surface area contributed by atoms with Gasteiger partial charge in [0.1, 0.15) is 12.6 Å². The summed E-state index contributed by atoms with van der Waals surface area (Å²) in [4.78, 5) is 36.5. The van der Waals surface area contributed by atoms with Gasteiger partial charge in [0.05, 0.1) is 6.42 Å². The van der Waals surface area contributed by atoms with Crippen LogP contribution in [0.3, 0.4) is 0 Å². The number of aliphatic carboxylic acids is 1. The Bertz CT molecular complexity index is 1200. The van der Waals surface area contributed by atoms with Crippen molar-refractivity contribution in [1.82, 2.24) is 5.32 Å². The smallest absolute Gasteiger partial charge is 0.407 e. The molecule has 0 bridgehead atoms. The first kappa shape index (κ1) is 23.6. The summed E-state index contributed by atoms with van der Waals surface area (Å²) in [5, 5.41) is 14.7. The van der Waals surface area contributed by atoms with Crippen LogP contribution in [-0.2, 0) is 14.3 Å². The van der Waals surface area contributed by atoms with E-state index in [0.717, 1.165) is 22.3 Å². The van der Waals surface area contributed by atoms with Gasteiger partial charge in [0, 0.05) is 21.7 Å². The van der Waals surface area contributed by atoms with Gasteiger partial charge in [0.2, 0.25) is 5.91 Å². The number of hydrogen-bond acceptors (Lipinski definition) is 4. The molecule has 4 rings (SSSR count). The first-order chi connectivity index (χ1) is 16.3. The second-order valence-corrected chi connectivity index (χ2v) is 8.64. The molecule has 9 heteroatoms. The van der Waals surface area contributed by atoms with E-state index in [-0.39, 0.29) is 18.2 Å². The first-order valence-electron chi connectivity index (χ1n) is 10.4. The molecule has 34 heavy (non-hydrogen) atoms. The zero-order valence-electron chi connectivity index (χ0n) is 17.8. The van der Waals surface area contributed by atoms with Gasteiger partial charge in [-0.3, -0.25) is 9.59 Å². The molecule has 3 aromatic rings. The van der Waals surface area contributed by atoms with Crippen molar-refractivity contribution in [3.8, 4) is 11.1 Å². The van der Waals surface area contributed by atoms with Crippen molar-refractivity contribution in [3.05, 3.63) is 87.9 Å². The van der Waals surface area contributed by atoms with E-state index in [1.807, 2.05) is 48.5 Å². The van der Waals surface area contributed by atoms with Crippen LogP contribution < -0.4 is 10.6 Å². The number of alkyl carbamates (subject to hydrolysis) is 1. The van der Waals surface area contributed by atoms with Crippen molar-refractivity contribution in [2.24, 2.45) is 0 Å². The maximum absolute atomic E-state index is 12.7. The standard InChI is InChI=1S/C25H20Cl2N2O5/c26-14-9-15(27)11-16(10-14)28-24(32)22(12-23(30)31)29-25(33)34-13-21-19-7-3-1-5-17(19)18-6-2-4-8-20(18)21/h1-11,21-22H,12-13H2,(H,28,32)(H,29,33)(H,30,31). The van der Waals surface area contributed by atoms with Crippen LogP contribution in [0.1, 0.15) is 23.5 Å². The topological polar surface area (TPSA) is 105 Å². The van der Waals surface area contributed by atoms with Crippen molar-refractivity contribution < 1.29 is 24.2 Å². The van der Waals surface area contributed by atoms with E-state index in [0.29, 0.717) is 10.0 Å². The van der Waals surface area contributed by atoms with E-state index in [1.165, 1.54) is 18.2 Å². The Morgan fingerprint density at radius 2 is 1.47 bits per heavy atom. The highest BCUT2D eigenvalue weighted by molar-refractivity contribution is 6.35. The van der Waals surface area contributed by atoms with Crippen molar-refractivity contribution in [2.45, 2.75) is 18.4 Å². The van der Waals surface area contributed by atoms with Crippen LogP contribution in [0.4, 0.5) is 10.5 Å². The van der Waals surface area contributed by atoms with Gasteiger partial charge in [-0.15, -0.1) is 0 Å². The Balaban J connectivity index is 1.43. The fraction of sp³-hybridized carbons (Fsp3) is 0.160. The quantitative estimate of drug-likeness (QED) is 0.409. The SMILES string of the molecule is O=C(O)CC(NC(=O)OCC1c2ccccc2-c2ccccc21)C(=O)Nc1cc(Cl)cc(Cl)c1. The number of carboxylic acids is 1. The van der Waals surface area contributed by atoms with Crippen molar-refractivity contribution >= 4 is 46.9 Å². The fourth-order valence-electron chi connectivity index (χ4n) is 4.02. The monoisotopic (exact) mass is 498 g/mol. The minimum Gasteiger partial charge on any atom is -0.481 e. The Labute approximate surface area is 205 Å². The average Bonchev–Trinajstić information content (AvgIpc) is 3.10. The van der Waals surface area contributed by atoms with Crippen LogP contribution >= 0.6 is 23.2 Å². The molecule has 0 saturated heterocycles. The van der Waals surface area contributed by atoms with Gasteiger partial charge < -0.3 is 20.5 Å². The number of amides is 2. The molecule has 0 aromatic heterocycles. The lowest BCUT2D eigenvalue weighted by molar-refractivity contribution is -0.139. The van der Waals surface area contributed by atoms with Gasteiger partial charge in [0.25, 0.3) is 0 Å². The number of carbonyl (C=O) groups is 3. The molecule has 1 aliphatic rings. The summed E-state index contributed by atoms with van der Waals surface area (Å²) >= 11 is 11.9. The Hall–Kier alpha value is -3.55. The van der Waals surface area contributed by atoms with Gasteiger partial charge in [0.15, 0.2) is 0 Å². The lowest BCUT2D eigenvalue weighted by Gasteiger charge is -2.19. The number of anilines is 1. The lowest BCUT2D eigenvalue weighted by atomic mass is 9.98. The van der Waals surface area contributed by atoms with Crippen LogP contribution in [0.2, 0.25) is 10.0 Å². The van der Waals surface area contributed by atoms with Crippen LogP contribution in [0.5, 0.6) is 0 Å². The third-order valence-corrected chi connectivity index (χ3v) is 5.90. The van der Waals surface area contributed by atoms with E-state index in [9.17, 15) is 19.5 Å². The van der Waals surface area contributed by atoms with Gasteiger partial charge in [-0.05, 0) is 40.5 Å². The highest BCUT2D eigenvalue weighted by Gasteiger charge is 2.30. The van der Waals surface area contributed by atoms with Crippen LogP contribution in [0.25, 0.3) is 11.1 Å². The van der Waals surface area contributed by atoms with Gasteiger partial charge in [-0.25, -0.2) is 4.79 Å². The van der Waals surface area contributed by atoms with Crippen molar-refractivity contribution in [3.63, 3.8) is 0 Å². The zero-order valence-corrected chi connectivity index (χ0v) is 19.3. The number of carboxylic acid groups (broad SMARTS) is 1. The fourth-order valence-corrected chi connectivity index (χ4v) is 4.55. The Morgan fingerprint density at radius 3 is 2.03 bits per heavy atom. The Kier molecular flexibility index (Phi) is 7.05. The van der Waals surface area contributed by atoms with E-state index in [2.05, 4.69) is 10.6 Å². The van der Waals surface area contributed by atoms with Crippen LogP contribution in [-0.4, -0.2) is 35.7 Å². The predicted molar refractivity (Wildman–Crippen MR) is 129 cm³/mol. The van der Waals surface area contributed by atoms with E-state index in [1.54, 1.807) is 0 Å². The highest BCUT2D eigenvalue weighted by atomic mass is 35.5. The van der Waals surface area contributed by atoms with Crippen molar-refractivity contribution in [1.29, 1.82) is 0 Å². The number of ether oxygens (including phenoxy) is 1. The maximum atomic E-state index is 12.7. The molecule has 0 fully saturated rings. The second kappa shape index (κ2) is 10.2. The molecule has 0 heterocycles.